The van der Waals surface area contributed by atoms with Crippen LogP contribution in [0.3, 0.4) is 0 Å². The molecule has 0 atom stereocenters. The smallest absolute Gasteiger partial charge is 0.283 e. The van der Waals surface area contributed by atoms with Gasteiger partial charge in [0.1, 0.15) is 11.6 Å². The van der Waals surface area contributed by atoms with E-state index in [9.17, 15) is 23.1 Å². The molecule has 2 heterocycles. The van der Waals surface area contributed by atoms with E-state index < -0.39 is 17.5 Å². The molecule has 1 aliphatic heterocycles. The van der Waals surface area contributed by atoms with Crippen LogP contribution in [0.15, 0.2) is 77.2 Å². The summed E-state index contributed by atoms with van der Waals surface area (Å²) in [7, 11) is 0. The molecule has 185 valence electrons. The molecule has 9 heteroatoms. The van der Waals surface area contributed by atoms with E-state index in [0.29, 0.717) is 17.8 Å². The van der Waals surface area contributed by atoms with E-state index in [0.717, 1.165) is 17.1 Å². The standard InChI is InChI=1S/C15H17FN2O2.C11H6F2N.Ir/c1-15(2,3)8-13(19)12-9-17-18(14(12)20)11-6-4-10(16)5-7-11;12-8-4-5-9(10(13)7-8)11-3-1-2-6-14-11;/h4-7,9,19H,8H2,1-3H3;1-4,6-7H;/q;-1;/b13-12-;;. The summed E-state index contributed by atoms with van der Waals surface area (Å²) in [6.45, 7) is 5.91. The Hall–Kier alpha value is -3.29. The normalized spacial score (nSPS) is 14.2. The molecule has 0 spiro atoms. The summed E-state index contributed by atoms with van der Waals surface area (Å²) in [5.41, 5.74) is 1.15. The van der Waals surface area contributed by atoms with Crippen LogP contribution in [0.25, 0.3) is 11.3 Å². The molecule has 0 unspecified atom stereocenters. The van der Waals surface area contributed by atoms with Gasteiger partial charge in [0, 0.05) is 44.4 Å². The molecule has 1 aromatic heterocycles. The van der Waals surface area contributed by atoms with Gasteiger partial charge in [-0.25, -0.2) is 4.39 Å². The number of aliphatic hydroxyl groups excluding tert-OH is 1. The number of hydrogen-bond acceptors (Lipinski definition) is 4. The quantitative estimate of drug-likeness (QED) is 0.206. The zero-order valence-electron chi connectivity index (χ0n) is 19.2. The second-order valence-electron chi connectivity index (χ2n) is 8.69. The average molecular weight is 659 g/mol. The number of benzene rings is 2. The van der Waals surface area contributed by atoms with E-state index >= 15 is 0 Å². The van der Waals surface area contributed by atoms with Crippen molar-refractivity contribution < 1.29 is 43.2 Å². The number of carbonyl (C=O) groups excluding carboxylic acids is 1. The van der Waals surface area contributed by atoms with Crippen LogP contribution in [0.4, 0.5) is 18.9 Å². The molecule has 0 bridgehead atoms. The van der Waals surface area contributed by atoms with Crippen LogP contribution in [-0.4, -0.2) is 22.2 Å². The molecular weight excluding hydrogens is 636 g/mol. The number of pyridine rings is 1. The molecule has 1 amide bonds. The summed E-state index contributed by atoms with van der Waals surface area (Å²) < 4.78 is 38.7. The Morgan fingerprint density at radius 2 is 1.74 bits per heavy atom. The van der Waals surface area contributed by atoms with Gasteiger partial charge in [-0.2, -0.15) is 10.1 Å². The topological polar surface area (TPSA) is 65.8 Å². The molecule has 4 rings (SSSR count). The van der Waals surface area contributed by atoms with E-state index in [2.05, 4.69) is 16.2 Å². The van der Waals surface area contributed by atoms with Gasteiger partial charge in [0.25, 0.3) is 5.91 Å². The number of hydrogen-bond donors (Lipinski definition) is 1. The first-order chi connectivity index (χ1) is 16.0. The number of rotatable bonds is 3. The zero-order valence-corrected chi connectivity index (χ0v) is 21.6. The third kappa shape index (κ3) is 7.60. The second-order valence-corrected chi connectivity index (χ2v) is 8.69. The van der Waals surface area contributed by atoms with Crippen molar-refractivity contribution in [3.05, 3.63) is 95.6 Å². The van der Waals surface area contributed by atoms with E-state index in [1.165, 1.54) is 30.5 Å². The fourth-order valence-electron chi connectivity index (χ4n) is 3.05. The summed E-state index contributed by atoms with van der Waals surface area (Å²) in [5, 5.41) is 15.2. The molecule has 1 aliphatic rings. The molecule has 0 fully saturated rings. The number of amides is 1. The minimum Gasteiger partial charge on any atom is -0.511 e. The van der Waals surface area contributed by atoms with Crippen LogP contribution in [0.1, 0.15) is 27.2 Å². The van der Waals surface area contributed by atoms with Crippen LogP contribution in [-0.2, 0) is 24.9 Å². The van der Waals surface area contributed by atoms with Gasteiger partial charge < -0.3 is 10.1 Å². The van der Waals surface area contributed by atoms with Crippen LogP contribution >= 0.6 is 0 Å². The molecule has 2 aromatic carbocycles. The maximum atomic E-state index is 13.2. The molecule has 0 saturated carbocycles. The average Bonchev–Trinajstić information content (AvgIpc) is 3.16. The van der Waals surface area contributed by atoms with Gasteiger partial charge in [-0.15, -0.1) is 12.1 Å². The number of hydrazone groups is 1. The number of aromatic nitrogens is 1. The molecule has 0 aliphatic carbocycles. The van der Waals surface area contributed by atoms with Crippen molar-refractivity contribution in [2.24, 2.45) is 10.5 Å². The first-order valence-electron chi connectivity index (χ1n) is 10.4. The maximum Gasteiger partial charge on any atom is 0.283 e. The molecule has 0 saturated heterocycles. The van der Waals surface area contributed by atoms with Crippen molar-refractivity contribution >= 4 is 17.8 Å². The van der Waals surface area contributed by atoms with Crippen molar-refractivity contribution in [2.45, 2.75) is 27.2 Å². The summed E-state index contributed by atoms with van der Waals surface area (Å²) in [6, 6.07) is 15.0. The Bertz CT molecular complexity index is 1220. The predicted molar refractivity (Wildman–Crippen MR) is 125 cm³/mol. The molecule has 35 heavy (non-hydrogen) atoms. The second kappa shape index (κ2) is 11.9. The van der Waals surface area contributed by atoms with Crippen molar-refractivity contribution in [3.63, 3.8) is 0 Å². The number of nitrogens with zero attached hydrogens (tertiary/aromatic N) is 3. The summed E-state index contributed by atoms with van der Waals surface area (Å²) in [6.07, 6.45) is 3.27. The zero-order chi connectivity index (χ0) is 24.9. The number of anilines is 1. The number of carbonyl (C=O) groups is 1. The summed E-state index contributed by atoms with van der Waals surface area (Å²) in [4.78, 5) is 16.2. The minimum atomic E-state index is -0.649. The van der Waals surface area contributed by atoms with Crippen molar-refractivity contribution in [1.29, 1.82) is 0 Å². The van der Waals surface area contributed by atoms with Gasteiger partial charge in [0.2, 0.25) is 0 Å². The van der Waals surface area contributed by atoms with Gasteiger partial charge in [-0.1, -0.05) is 44.5 Å². The Labute approximate surface area is 215 Å². The fourth-order valence-corrected chi connectivity index (χ4v) is 3.05. The predicted octanol–water partition coefficient (Wildman–Crippen LogP) is 6.23. The Balaban J connectivity index is 0.000000254. The third-order valence-corrected chi connectivity index (χ3v) is 4.58. The molecule has 3 aromatic rings. The van der Waals surface area contributed by atoms with Gasteiger partial charge in [0.15, 0.2) is 0 Å². The van der Waals surface area contributed by atoms with Crippen LogP contribution in [0.2, 0.25) is 0 Å². The molecule has 5 nitrogen and oxygen atoms in total. The van der Waals surface area contributed by atoms with Crippen molar-refractivity contribution in [2.75, 3.05) is 5.01 Å². The van der Waals surface area contributed by atoms with Crippen LogP contribution in [0, 0.1) is 28.9 Å². The van der Waals surface area contributed by atoms with Gasteiger partial charge in [-0.05, 0) is 41.4 Å². The van der Waals surface area contributed by atoms with Gasteiger partial charge in [-0.3, -0.25) is 13.6 Å². The monoisotopic (exact) mass is 659 g/mol. The summed E-state index contributed by atoms with van der Waals surface area (Å²) in [5.74, 6) is -2.05. The molecule has 1 N–H and O–H groups in total. The van der Waals surface area contributed by atoms with Crippen molar-refractivity contribution in [3.8, 4) is 11.3 Å². The van der Waals surface area contributed by atoms with Crippen LogP contribution in [0.5, 0.6) is 0 Å². The maximum absolute atomic E-state index is 13.2. The van der Waals surface area contributed by atoms with E-state index in [1.54, 1.807) is 24.4 Å². The van der Waals surface area contributed by atoms with Crippen molar-refractivity contribution in [1.82, 2.24) is 4.98 Å². The fraction of sp³-hybridized carbons (Fsp3) is 0.192. The van der Waals surface area contributed by atoms with Gasteiger partial charge >= 0.3 is 0 Å². The van der Waals surface area contributed by atoms with Gasteiger partial charge in [0.05, 0.1) is 17.5 Å². The minimum absolute atomic E-state index is 0. The third-order valence-electron chi connectivity index (χ3n) is 4.58. The largest absolute Gasteiger partial charge is 0.511 e. The van der Waals surface area contributed by atoms with E-state index in [4.69, 9.17) is 0 Å². The number of halogens is 3. The number of aliphatic hydroxyl groups is 1. The van der Waals surface area contributed by atoms with E-state index in [1.807, 2.05) is 20.8 Å². The molecular formula is C26H23F3IrN3O2-. The Kier molecular flexibility index (Phi) is 9.51. The van der Waals surface area contributed by atoms with Crippen LogP contribution < -0.4 is 5.01 Å². The Morgan fingerprint density at radius 1 is 1.06 bits per heavy atom. The Morgan fingerprint density at radius 3 is 2.31 bits per heavy atom. The number of allylic oxidation sites excluding steroid dienone is 1. The van der Waals surface area contributed by atoms with E-state index in [-0.39, 0.29) is 48.2 Å². The SMILES string of the molecule is CC(C)(C)C/C(O)=C1\C=NN(c2ccc(F)cc2)C1=O.Fc1c[c-]c(-c2ccccn2)c(F)c1.[Ir]. The first-order valence-corrected chi connectivity index (χ1v) is 10.4. The first kappa shape index (κ1) is 28.0. The summed E-state index contributed by atoms with van der Waals surface area (Å²) >= 11 is 0. The molecule has 1 radical (unpaired) electrons.